The molecule has 6 bridgehead atoms. The summed E-state index contributed by atoms with van der Waals surface area (Å²) in [4.78, 5) is 49.9. The number of fused-ring (bicyclic) bond motifs is 3. The molecule has 3 saturated heterocycles. The molecule has 7 fully saturated rings. The van der Waals surface area contributed by atoms with Gasteiger partial charge in [0.25, 0.3) is 5.56 Å². The van der Waals surface area contributed by atoms with Crippen LogP contribution in [0.25, 0.3) is 11.0 Å². The van der Waals surface area contributed by atoms with Crippen molar-refractivity contribution < 1.29 is 19.1 Å². The Kier molecular flexibility index (Phi) is 8.89. The van der Waals surface area contributed by atoms with E-state index >= 15 is 0 Å². The first-order valence-electron chi connectivity index (χ1n) is 19.2. The van der Waals surface area contributed by atoms with Gasteiger partial charge in [-0.15, -0.1) is 0 Å². The second-order valence-corrected chi connectivity index (χ2v) is 16.2. The van der Waals surface area contributed by atoms with E-state index in [0.29, 0.717) is 49.4 Å². The standard InChI is InChI=1S/C39H54N4O5/c1-3-47-37(45)31-23-41(24-32(31)38(46)48-4-2)14-8-12-34-36(44)42(35-13-6-5-11-33(35)40-34)30-18-28-9-7-10-29(19-30)43(28)39-20-25-15-26(21-39)17-27(16-25)22-39/h5-6,11,13,25-32H,3-4,7-10,12,14-24H2,1-2H3/t25?,26?,27?,28-,29+,30?,31-,32-,39?/m1/s1. The van der Waals surface area contributed by atoms with Crippen molar-refractivity contribution in [3.8, 4) is 0 Å². The number of hydrogen-bond donors (Lipinski definition) is 0. The SMILES string of the molecule is CCOC(=O)[C@@H]1CN(CCCc2nc3ccccc3n(C3C[C@H]4CCC[C@@H](C3)N4C34CC5CC(CC(C5)C3)C4)c2=O)C[C@H]1C(=O)OCC. The van der Waals surface area contributed by atoms with Crippen LogP contribution in [0.3, 0.4) is 0 Å². The number of ether oxygens (including phenoxy) is 2. The number of carbonyl (C=O) groups excluding carboxylic acids is 2. The Morgan fingerprint density at radius 3 is 2.00 bits per heavy atom. The number of aryl methyl sites for hydroxylation is 1. The first-order chi connectivity index (χ1) is 23.4. The molecule has 0 amide bonds. The number of nitrogens with zero attached hydrogens (tertiary/aromatic N) is 4. The van der Waals surface area contributed by atoms with Crippen LogP contribution in [0.1, 0.15) is 103 Å². The zero-order valence-corrected chi connectivity index (χ0v) is 29.0. The number of para-hydroxylation sites is 2. The molecule has 4 heterocycles. The van der Waals surface area contributed by atoms with E-state index in [1.165, 1.54) is 57.8 Å². The number of hydrogen-bond acceptors (Lipinski definition) is 8. The number of esters is 2. The molecule has 0 N–H and O–H groups in total. The maximum atomic E-state index is 14.4. The molecule has 0 spiro atoms. The molecule has 1 aromatic carbocycles. The van der Waals surface area contributed by atoms with Crippen LogP contribution >= 0.6 is 0 Å². The van der Waals surface area contributed by atoms with Crippen LogP contribution in [-0.2, 0) is 25.5 Å². The summed E-state index contributed by atoms with van der Waals surface area (Å²) < 4.78 is 12.7. The fourth-order valence-corrected chi connectivity index (χ4v) is 12.0. The van der Waals surface area contributed by atoms with E-state index in [1.54, 1.807) is 13.8 Å². The lowest BCUT2D eigenvalue weighted by Crippen LogP contribution is -2.68. The number of aromatic nitrogens is 2. The van der Waals surface area contributed by atoms with Crippen LogP contribution in [0.4, 0.5) is 0 Å². The first-order valence-corrected chi connectivity index (χ1v) is 19.2. The molecule has 1 unspecified atom stereocenters. The van der Waals surface area contributed by atoms with Crippen molar-refractivity contribution in [3.05, 3.63) is 40.3 Å². The minimum Gasteiger partial charge on any atom is -0.466 e. The van der Waals surface area contributed by atoms with Crippen LogP contribution in [-0.4, -0.2) is 81.8 Å². The smallest absolute Gasteiger partial charge is 0.311 e. The molecule has 2 aromatic rings. The Hall–Kier alpha value is -2.78. The normalized spacial score (nSPS) is 36.0. The van der Waals surface area contributed by atoms with E-state index in [2.05, 4.69) is 26.5 Å². The van der Waals surface area contributed by atoms with Gasteiger partial charge >= 0.3 is 11.9 Å². The molecular weight excluding hydrogens is 604 g/mol. The predicted molar refractivity (Wildman–Crippen MR) is 183 cm³/mol. The summed E-state index contributed by atoms with van der Waals surface area (Å²) in [7, 11) is 0. The highest BCUT2D eigenvalue weighted by Crippen LogP contribution is 2.60. The number of piperidine rings is 2. The van der Waals surface area contributed by atoms with Gasteiger partial charge in [0.15, 0.2) is 0 Å². The van der Waals surface area contributed by atoms with Crippen molar-refractivity contribution in [1.82, 2.24) is 19.4 Å². The zero-order valence-electron chi connectivity index (χ0n) is 29.0. The molecule has 260 valence electrons. The minimum absolute atomic E-state index is 0.0650. The van der Waals surface area contributed by atoms with Gasteiger partial charge in [-0.2, -0.15) is 0 Å². The molecule has 3 aliphatic heterocycles. The average Bonchev–Trinajstić information content (AvgIpc) is 3.49. The Morgan fingerprint density at radius 2 is 1.42 bits per heavy atom. The Balaban J connectivity index is 1.00. The van der Waals surface area contributed by atoms with Crippen LogP contribution in [0, 0.1) is 29.6 Å². The van der Waals surface area contributed by atoms with Crippen LogP contribution in [0.2, 0.25) is 0 Å². The van der Waals surface area contributed by atoms with Gasteiger partial charge in [-0.3, -0.25) is 19.3 Å². The van der Waals surface area contributed by atoms with Gasteiger partial charge < -0.3 is 18.9 Å². The Labute approximate surface area is 284 Å². The predicted octanol–water partition coefficient (Wildman–Crippen LogP) is 5.53. The van der Waals surface area contributed by atoms with E-state index in [-0.39, 0.29) is 36.8 Å². The lowest BCUT2D eigenvalue weighted by atomic mass is 9.51. The average molecular weight is 659 g/mol. The fourth-order valence-electron chi connectivity index (χ4n) is 12.0. The topological polar surface area (TPSA) is 94.0 Å². The maximum absolute atomic E-state index is 14.4. The van der Waals surface area contributed by atoms with E-state index < -0.39 is 11.8 Å². The molecule has 0 radical (unpaired) electrons. The molecule has 1 aromatic heterocycles. The second-order valence-electron chi connectivity index (χ2n) is 16.2. The third-order valence-electron chi connectivity index (χ3n) is 13.2. The van der Waals surface area contributed by atoms with Gasteiger partial charge in [0.2, 0.25) is 0 Å². The van der Waals surface area contributed by atoms with Gasteiger partial charge in [0.1, 0.15) is 5.69 Å². The van der Waals surface area contributed by atoms with Crippen molar-refractivity contribution in [1.29, 1.82) is 0 Å². The molecule has 4 aliphatic carbocycles. The molecule has 7 aliphatic rings. The molecule has 5 atom stereocenters. The van der Waals surface area contributed by atoms with E-state index in [0.717, 1.165) is 48.0 Å². The minimum atomic E-state index is -0.524. The molecule has 9 heteroatoms. The van der Waals surface area contributed by atoms with Crippen molar-refractivity contribution in [2.75, 3.05) is 32.8 Å². The highest BCUT2D eigenvalue weighted by atomic mass is 16.5. The van der Waals surface area contributed by atoms with Crippen LogP contribution in [0.5, 0.6) is 0 Å². The third-order valence-corrected chi connectivity index (χ3v) is 13.2. The van der Waals surface area contributed by atoms with E-state index in [9.17, 15) is 14.4 Å². The number of carbonyl (C=O) groups is 2. The molecule has 9 rings (SSSR count). The fraction of sp³-hybridized carbons (Fsp3) is 0.744. The highest BCUT2D eigenvalue weighted by Gasteiger charge is 2.58. The quantitative estimate of drug-likeness (QED) is 0.308. The van der Waals surface area contributed by atoms with Crippen LogP contribution in [0.15, 0.2) is 29.1 Å². The Morgan fingerprint density at radius 1 is 0.833 bits per heavy atom. The number of likely N-dealkylation sites (tertiary alicyclic amines) is 1. The molecule has 9 nitrogen and oxygen atoms in total. The summed E-state index contributed by atoms with van der Waals surface area (Å²) in [6.45, 7) is 5.73. The lowest BCUT2D eigenvalue weighted by Gasteiger charge is -2.66. The second kappa shape index (κ2) is 13.2. The van der Waals surface area contributed by atoms with Gasteiger partial charge in [0.05, 0.1) is 36.1 Å². The van der Waals surface area contributed by atoms with Crippen molar-refractivity contribution >= 4 is 23.0 Å². The monoisotopic (exact) mass is 658 g/mol. The van der Waals surface area contributed by atoms with Gasteiger partial charge in [-0.25, -0.2) is 4.98 Å². The highest BCUT2D eigenvalue weighted by molar-refractivity contribution is 5.83. The summed E-state index contributed by atoms with van der Waals surface area (Å²) >= 11 is 0. The third kappa shape index (κ3) is 5.80. The largest absolute Gasteiger partial charge is 0.466 e. The zero-order chi connectivity index (χ0) is 33.0. The maximum Gasteiger partial charge on any atom is 0.311 e. The Bertz CT molecular complexity index is 1510. The first kappa shape index (κ1) is 32.4. The summed E-state index contributed by atoms with van der Waals surface area (Å²) in [6, 6.07) is 9.52. The summed E-state index contributed by atoms with van der Waals surface area (Å²) in [5, 5.41) is 0. The van der Waals surface area contributed by atoms with Crippen molar-refractivity contribution in [2.24, 2.45) is 29.6 Å². The lowest BCUT2D eigenvalue weighted by molar-refractivity contribution is -0.157. The van der Waals surface area contributed by atoms with Gasteiger partial charge in [0, 0.05) is 36.8 Å². The van der Waals surface area contributed by atoms with E-state index in [1.807, 2.05) is 12.1 Å². The molecular formula is C39H54N4O5. The number of benzene rings is 1. The molecule has 4 saturated carbocycles. The summed E-state index contributed by atoms with van der Waals surface area (Å²) in [5.74, 6) is 1.10. The van der Waals surface area contributed by atoms with Gasteiger partial charge in [-0.05, 0) is 127 Å². The van der Waals surface area contributed by atoms with Crippen molar-refractivity contribution in [2.45, 2.75) is 121 Å². The van der Waals surface area contributed by atoms with Crippen LogP contribution < -0.4 is 5.56 Å². The summed E-state index contributed by atoms with van der Waals surface area (Å²) in [6.07, 6.45) is 15.9. The number of rotatable bonds is 10. The van der Waals surface area contributed by atoms with E-state index in [4.69, 9.17) is 14.5 Å². The van der Waals surface area contributed by atoms with Gasteiger partial charge in [-0.1, -0.05) is 18.6 Å². The van der Waals surface area contributed by atoms with Crippen molar-refractivity contribution in [3.63, 3.8) is 0 Å². The summed E-state index contributed by atoms with van der Waals surface area (Å²) in [5.41, 5.74) is 2.97. The molecule has 48 heavy (non-hydrogen) atoms.